The first-order valence-electron chi connectivity index (χ1n) is 4.43. The van der Waals surface area contributed by atoms with Gasteiger partial charge in [0, 0.05) is 18.0 Å². The van der Waals surface area contributed by atoms with E-state index in [0.717, 1.165) is 0 Å². The fraction of sp³-hybridized carbons (Fsp3) is 0.111. The molecule has 2 rings (SSSR count). The molecule has 0 saturated carbocycles. The Morgan fingerprint density at radius 1 is 1.40 bits per heavy atom. The number of aromatic nitrogens is 2. The van der Waals surface area contributed by atoms with Crippen LogP contribution in [0.4, 0.5) is 0 Å². The van der Waals surface area contributed by atoms with E-state index in [1.54, 1.807) is 13.0 Å². The van der Waals surface area contributed by atoms with Gasteiger partial charge in [-0.05, 0) is 18.5 Å². The summed E-state index contributed by atoms with van der Waals surface area (Å²) in [5, 5.41) is 17.9. The van der Waals surface area contributed by atoms with Crippen LogP contribution in [0.15, 0.2) is 29.3 Å². The summed E-state index contributed by atoms with van der Waals surface area (Å²) in [6.07, 6.45) is 2.87. The molecule has 0 unspecified atom stereocenters. The minimum atomic E-state index is -1.58. The van der Waals surface area contributed by atoms with Gasteiger partial charge in [0.2, 0.25) is 0 Å². The second kappa shape index (κ2) is 3.49. The highest BCUT2D eigenvalue weighted by atomic mass is 16.4. The zero-order chi connectivity index (χ0) is 11.0. The molecule has 0 fully saturated rings. The van der Waals surface area contributed by atoms with Gasteiger partial charge in [0.1, 0.15) is 5.65 Å². The number of rotatable bonds is 1. The van der Waals surface area contributed by atoms with E-state index < -0.39 is 7.12 Å². The van der Waals surface area contributed by atoms with Crippen LogP contribution in [0.1, 0.15) is 5.56 Å². The van der Waals surface area contributed by atoms with Crippen LogP contribution < -0.4 is 11.0 Å². The minimum absolute atomic E-state index is 0.206. The van der Waals surface area contributed by atoms with Crippen molar-refractivity contribution in [1.82, 2.24) is 9.38 Å². The van der Waals surface area contributed by atoms with Gasteiger partial charge in [-0.25, -0.2) is 4.98 Å². The maximum atomic E-state index is 11.7. The second-order valence-electron chi connectivity index (χ2n) is 3.31. The highest BCUT2D eigenvalue weighted by molar-refractivity contribution is 6.58. The zero-order valence-electron chi connectivity index (χ0n) is 8.08. The summed E-state index contributed by atoms with van der Waals surface area (Å²) in [5.74, 6) is 0. The van der Waals surface area contributed by atoms with Crippen molar-refractivity contribution in [3.63, 3.8) is 0 Å². The monoisotopic (exact) mass is 204 g/mol. The van der Waals surface area contributed by atoms with Gasteiger partial charge in [-0.1, -0.05) is 6.07 Å². The van der Waals surface area contributed by atoms with E-state index >= 15 is 0 Å². The number of pyridine rings is 1. The Labute approximate surface area is 85.8 Å². The average Bonchev–Trinajstić information content (AvgIpc) is 2.23. The lowest BCUT2D eigenvalue weighted by Crippen LogP contribution is -2.32. The van der Waals surface area contributed by atoms with Crippen molar-refractivity contribution >= 4 is 18.2 Å². The predicted molar refractivity (Wildman–Crippen MR) is 56.0 cm³/mol. The molecule has 0 saturated heterocycles. The normalized spacial score (nSPS) is 10.6. The molecule has 2 aromatic heterocycles. The van der Waals surface area contributed by atoms with Crippen LogP contribution in [0, 0.1) is 6.92 Å². The van der Waals surface area contributed by atoms with Gasteiger partial charge in [0.05, 0.1) is 0 Å². The standard InChI is InChI=1S/C9H9BN2O3/c1-6-4-11-8-3-2-7(10(14)15)5-12(8)9(6)13/h2-5,14-15H,1H3. The first kappa shape index (κ1) is 9.88. The van der Waals surface area contributed by atoms with Crippen LogP contribution in [-0.2, 0) is 0 Å². The molecule has 0 amide bonds. The van der Waals surface area contributed by atoms with Crippen molar-refractivity contribution in [1.29, 1.82) is 0 Å². The first-order valence-corrected chi connectivity index (χ1v) is 4.43. The maximum absolute atomic E-state index is 11.7. The van der Waals surface area contributed by atoms with E-state index in [0.29, 0.717) is 11.2 Å². The fourth-order valence-corrected chi connectivity index (χ4v) is 1.34. The highest BCUT2D eigenvalue weighted by Crippen LogP contribution is 1.95. The summed E-state index contributed by atoms with van der Waals surface area (Å²) in [6.45, 7) is 1.66. The van der Waals surface area contributed by atoms with Crippen molar-refractivity contribution in [2.45, 2.75) is 6.92 Å². The Kier molecular flexibility index (Phi) is 2.30. The van der Waals surface area contributed by atoms with Crippen LogP contribution in [0.25, 0.3) is 5.65 Å². The smallest absolute Gasteiger partial charge is 0.423 e. The molecule has 2 N–H and O–H groups in total. The van der Waals surface area contributed by atoms with Gasteiger partial charge in [0.15, 0.2) is 0 Å². The Balaban J connectivity index is 2.80. The topological polar surface area (TPSA) is 74.8 Å². The van der Waals surface area contributed by atoms with Crippen molar-refractivity contribution in [2.24, 2.45) is 0 Å². The third-order valence-corrected chi connectivity index (χ3v) is 2.19. The average molecular weight is 204 g/mol. The maximum Gasteiger partial charge on any atom is 0.489 e. The summed E-state index contributed by atoms with van der Waals surface area (Å²) >= 11 is 0. The molecule has 0 aromatic carbocycles. The molecule has 2 heterocycles. The van der Waals surface area contributed by atoms with E-state index in [9.17, 15) is 4.79 Å². The Bertz CT molecular complexity index is 565. The quantitative estimate of drug-likeness (QED) is 0.565. The number of hydrogen-bond donors (Lipinski definition) is 2. The Morgan fingerprint density at radius 2 is 2.13 bits per heavy atom. The molecule has 0 bridgehead atoms. The third-order valence-electron chi connectivity index (χ3n) is 2.19. The molecular formula is C9H9BN2O3. The largest absolute Gasteiger partial charge is 0.489 e. The van der Waals surface area contributed by atoms with E-state index in [4.69, 9.17) is 10.0 Å². The van der Waals surface area contributed by atoms with Crippen LogP contribution >= 0.6 is 0 Å². The summed E-state index contributed by atoms with van der Waals surface area (Å²) < 4.78 is 1.30. The SMILES string of the molecule is Cc1cnc2ccc(B(O)O)cn2c1=O. The highest BCUT2D eigenvalue weighted by Gasteiger charge is 2.12. The zero-order valence-corrected chi connectivity index (χ0v) is 8.08. The molecule has 2 aromatic rings. The van der Waals surface area contributed by atoms with E-state index in [1.807, 2.05) is 0 Å². The molecule has 0 aliphatic rings. The van der Waals surface area contributed by atoms with Crippen molar-refractivity contribution < 1.29 is 10.0 Å². The van der Waals surface area contributed by atoms with Crippen molar-refractivity contribution in [3.05, 3.63) is 40.4 Å². The molecule has 0 radical (unpaired) electrons. The summed E-state index contributed by atoms with van der Waals surface area (Å²) in [4.78, 5) is 15.7. The lowest BCUT2D eigenvalue weighted by Gasteiger charge is -2.04. The van der Waals surface area contributed by atoms with Gasteiger partial charge >= 0.3 is 7.12 Å². The van der Waals surface area contributed by atoms with Crippen molar-refractivity contribution in [2.75, 3.05) is 0 Å². The van der Waals surface area contributed by atoms with Gasteiger partial charge < -0.3 is 10.0 Å². The van der Waals surface area contributed by atoms with E-state index in [1.165, 1.54) is 22.9 Å². The Morgan fingerprint density at radius 3 is 2.80 bits per heavy atom. The molecule has 0 atom stereocenters. The minimum Gasteiger partial charge on any atom is -0.423 e. The number of hydrogen-bond acceptors (Lipinski definition) is 4. The predicted octanol–water partition coefficient (Wildman–Crippen LogP) is -1.32. The van der Waals surface area contributed by atoms with Gasteiger partial charge in [-0.2, -0.15) is 0 Å². The Hall–Kier alpha value is -1.66. The third kappa shape index (κ3) is 1.64. The van der Waals surface area contributed by atoms with E-state index in [2.05, 4.69) is 4.98 Å². The molecule has 15 heavy (non-hydrogen) atoms. The molecule has 0 aliphatic heterocycles. The lowest BCUT2D eigenvalue weighted by molar-refractivity contribution is 0.425. The second-order valence-corrected chi connectivity index (χ2v) is 3.31. The number of nitrogens with zero attached hydrogens (tertiary/aromatic N) is 2. The fourth-order valence-electron chi connectivity index (χ4n) is 1.34. The number of fused-ring (bicyclic) bond motifs is 1. The van der Waals surface area contributed by atoms with Crippen LogP contribution in [0.3, 0.4) is 0 Å². The molecule has 76 valence electrons. The van der Waals surface area contributed by atoms with Crippen LogP contribution in [0.5, 0.6) is 0 Å². The molecule has 0 spiro atoms. The summed E-state index contributed by atoms with van der Waals surface area (Å²) in [5.41, 5.74) is 1.05. The van der Waals surface area contributed by atoms with Gasteiger partial charge in [0.25, 0.3) is 5.56 Å². The first-order chi connectivity index (χ1) is 7.09. The van der Waals surface area contributed by atoms with E-state index in [-0.39, 0.29) is 11.0 Å². The molecular weight excluding hydrogens is 195 g/mol. The molecule has 6 heteroatoms. The van der Waals surface area contributed by atoms with Crippen LogP contribution in [-0.4, -0.2) is 26.6 Å². The summed E-state index contributed by atoms with van der Waals surface area (Å²) in [7, 11) is -1.58. The number of aryl methyl sites for hydroxylation is 1. The molecule has 0 aliphatic carbocycles. The van der Waals surface area contributed by atoms with Crippen LogP contribution in [0.2, 0.25) is 0 Å². The van der Waals surface area contributed by atoms with Crippen molar-refractivity contribution in [3.8, 4) is 0 Å². The molecule has 5 nitrogen and oxygen atoms in total. The van der Waals surface area contributed by atoms with Gasteiger partial charge in [-0.15, -0.1) is 0 Å². The summed E-state index contributed by atoms with van der Waals surface area (Å²) in [6, 6.07) is 3.08. The van der Waals surface area contributed by atoms with Gasteiger partial charge in [-0.3, -0.25) is 9.20 Å². The lowest BCUT2D eigenvalue weighted by atomic mass is 9.82.